The van der Waals surface area contributed by atoms with E-state index in [9.17, 15) is 9.90 Å². The van der Waals surface area contributed by atoms with E-state index >= 15 is 0 Å². The Kier molecular flexibility index (Phi) is 6.15. The Labute approximate surface area is 174 Å². The number of ether oxygens (including phenoxy) is 3. The maximum absolute atomic E-state index is 13.2. The normalized spacial score (nSPS) is 15.2. The van der Waals surface area contributed by atoms with E-state index in [1.54, 1.807) is 35.9 Å². The van der Waals surface area contributed by atoms with E-state index in [-0.39, 0.29) is 18.7 Å². The summed E-state index contributed by atoms with van der Waals surface area (Å²) in [5.74, 6) is 1.74. The summed E-state index contributed by atoms with van der Waals surface area (Å²) >= 11 is 0. The van der Waals surface area contributed by atoms with Crippen molar-refractivity contribution in [2.24, 2.45) is 0 Å². The number of nitrogens with zero attached hydrogens (tertiary/aromatic N) is 3. The lowest BCUT2D eigenvalue weighted by Gasteiger charge is -2.28. The summed E-state index contributed by atoms with van der Waals surface area (Å²) in [7, 11) is 1.60. The molecular weight excluding hydrogens is 386 g/mol. The fourth-order valence-electron chi connectivity index (χ4n) is 3.47. The Bertz CT molecular complexity index is 1040. The second kappa shape index (κ2) is 9.15. The van der Waals surface area contributed by atoms with Gasteiger partial charge in [-0.05, 0) is 36.4 Å². The van der Waals surface area contributed by atoms with Crippen LogP contribution in [0.1, 0.15) is 0 Å². The minimum absolute atomic E-state index is 0.0578. The highest BCUT2D eigenvalue weighted by Gasteiger charge is 2.20. The van der Waals surface area contributed by atoms with Crippen LogP contribution in [0.15, 0.2) is 53.3 Å². The molecule has 0 aliphatic carbocycles. The number of fused-ring (bicyclic) bond motifs is 1. The van der Waals surface area contributed by atoms with E-state index in [1.807, 2.05) is 29.2 Å². The van der Waals surface area contributed by atoms with Crippen LogP contribution in [0, 0.1) is 0 Å². The predicted octanol–water partition coefficient (Wildman–Crippen LogP) is 1.68. The fourth-order valence-corrected chi connectivity index (χ4v) is 3.47. The highest BCUT2D eigenvalue weighted by Crippen LogP contribution is 2.18. The lowest BCUT2D eigenvalue weighted by Crippen LogP contribution is -2.42. The van der Waals surface area contributed by atoms with Crippen LogP contribution < -0.4 is 19.9 Å². The topological polar surface area (TPSA) is 86.0 Å². The van der Waals surface area contributed by atoms with Crippen LogP contribution in [0.2, 0.25) is 0 Å². The number of para-hydroxylation sites is 2. The molecule has 1 N–H and O–H groups in total. The maximum atomic E-state index is 13.2. The van der Waals surface area contributed by atoms with E-state index in [2.05, 4.69) is 4.98 Å². The van der Waals surface area contributed by atoms with Gasteiger partial charge in [0.15, 0.2) is 5.82 Å². The highest BCUT2D eigenvalue weighted by molar-refractivity contribution is 5.76. The number of methoxy groups -OCH3 is 1. The third-order valence-corrected chi connectivity index (χ3v) is 5.04. The summed E-state index contributed by atoms with van der Waals surface area (Å²) in [4.78, 5) is 19.7. The summed E-state index contributed by atoms with van der Waals surface area (Å²) < 4.78 is 17.8. The van der Waals surface area contributed by atoms with E-state index in [0.29, 0.717) is 48.9 Å². The second-order valence-corrected chi connectivity index (χ2v) is 7.08. The monoisotopic (exact) mass is 411 g/mol. The van der Waals surface area contributed by atoms with Gasteiger partial charge < -0.3 is 28.8 Å². The SMILES string of the molecule is COc1ccc(OCC(O)Cn2c(=O)c(N3CCOCC3)nc3ccccc32)cc1. The molecule has 1 aromatic heterocycles. The molecule has 4 rings (SSSR count). The summed E-state index contributed by atoms with van der Waals surface area (Å²) in [6.45, 7) is 2.52. The molecule has 3 aromatic rings. The van der Waals surface area contributed by atoms with Crippen LogP contribution in [0.4, 0.5) is 5.82 Å². The number of rotatable bonds is 7. The number of anilines is 1. The van der Waals surface area contributed by atoms with Crippen LogP contribution >= 0.6 is 0 Å². The number of benzene rings is 2. The van der Waals surface area contributed by atoms with Gasteiger partial charge in [-0.2, -0.15) is 0 Å². The summed E-state index contributed by atoms with van der Waals surface area (Å²) in [5.41, 5.74) is 1.17. The molecule has 0 radical (unpaired) electrons. The van der Waals surface area contributed by atoms with Crippen molar-refractivity contribution in [1.29, 1.82) is 0 Å². The molecule has 1 unspecified atom stereocenters. The third-order valence-electron chi connectivity index (χ3n) is 5.04. The molecule has 1 aliphatic rings. The van der Waals surface area contributed by atoms with E-state index in [1.165, 1.54) is 0 Å². The summed E-state index contributed by atoms with van der Waals surface area (Å²) in [5, 5.41) is 10.6. The van der Waals surface area contributed by atoms with Gasteiger partial charge in [0.2, 0.25) is 0 Å². The molecule has 1 atom stereocenters. The molecule has 2 heterocycles. The van der Waals surface area contributed by atoms with Crippen molar-refractivity contribution in [3.05, 3.63) is 58.9 Å². The molecule has 0 amide bonds. The molecule has 0 spiro atoms. The molecule has 1 saturated heterocycles. The molecular formula is C22H25N3O5. The van der Waals surface area contributed by atoms with Gasteiger partial charge in [0.1, 0.15) is 24.2 Å². The first-order valence-corrected chi connectivity index (χ1v) is 9.93. The highest BCUT2D eigenvalue weighted by atomic mass is 16.5. The Morgan fingerprint density at radius 1 is 1.10 bits per heavy atom. The van der Waals surface area contributed by atoms with Gasteiger partial charge in [-0.1, -0.05) is 12.1 Å². The lowest BCUT2D eigenvalue weighted by atomic mass is 10.2. The van der Waals surface area contributed by atoms with E-state index < -0.39 is 6.10 Å². The summed E-state index contributed by atoms with van der Waals surface area (Å²) in [6, 6.07) is 14.6. The zero-order valence-corrected chi connectivity index (χ0v) is 16.9. The number of hydrogen-bond acceptors (Lipinski definition) is 7. The number of morpholine rings is 1. The van der Waals surface area contributed by atoms with Gasteiger partial charge in [-0.15, -0.1) is 0 Å². The minimum atomic E-state index is -0.867. The van der Waals surface area contributed by atoms with Gasteiger partial charge in [0.25, 0.3) is 5.56 Å². The van der Waals surface area contributed by atoms with Crippen molar-refractivity contribution in [1.82, 2.24) is 9.55 Å². The molecule has 0 saturated carbocycles. The van der Waals surface area contributed by atoms with Crippen molar-refractivity contribution in [3.63, 3.8) is 0 Å². The Balaban J connectivity index is 1.55. The van der Waals surface area contributed by atoms with Crippen LogP contribution in [-0.4, -0.2) is 60.8 Å². The van der Waals surface area contributed by atoms with Crippen molar-refractivity contribution in [2.75, 3.05) is 44.9 Å². The van der Waals surface area contributed by atoms with Gasteiger partial charge in [0.05, 0.1) is 37.9 Å². The van der Waals surface area contributed by atoms with Crippen molar-refractivity contribution >= 4 is 16.9 Å². The van der Waals surface area contributed by atoms with E-state index in [0.717, 1.165) is 5.75 Å². The maximum Gasteiger partial charge on any atom is 0.294 e. The Morgan fingerprint density at radius 3 is 2.53 bits per heavy atom. The van der Waals surface area contributed by atoms with Crippen LogP contribution in [-0.2, 0) is 11.3 Å². The molecule has 1 aliphatic heterocycles. The average Bonchev–Trinajstić information content (AvgIpc) is 2.80. The molecule has 158 valence electrons. The lowest BCUT2D eigenvalue weighted by molar-refractivity contribution is 0.0925. The molecule has 8 nitrogen and oxygen atoms in total. The zero-order valence-electron chi connectivity index (χ0n) is 16.9. The van der Waals surface area contributed by atoms with Gasteiger partial charge >= 0.3 is 0 Å². The van der Waals surface area contributed by atoms with Gasteiger partial charge in [-0.25, -0.2) is 4.98 Å². The van der Waals surface area contributed by atoms with Crippen molar-refractivity contribution in [3.8, 4) is 11.5 Å². The fraction of sp³-hybridized carbons (Fsp3) is 0.364. The molecule has 8 heteroatoms. The summed E-state index contributed by atoms with van der Waals surface area (Å²) in [6.07, 6.45) is -0.867. The second-order valence-electron chi connectivity index (χ2n) is 7.08. The molecule has 30 heavy (non-hydrogen) atoms. The van der Waals surface area contributed by atoms with Crippen LogP contribution in [0.3, 0.4) is 0 Å². The molecule has 1 fully saturated rings. The minimum Gasteiger partial charge on any atom is -0.497 e. The first-order chi connectivity index (χ1) is 14.7. The van der Waals surface area contributed by atoms with Crippen LogP contribution in [0.25, 0.3) is 11.0 Å². The first-order valence-electron chi connectivity index (χ1n) is 9.93. The zero-order chi connectivity index (χ0) is 20.9. The van der Waals surface area contributed by atoms with Crippen LogP contribution in [0.5, 0.6) is 11.5 Å². The van der Waals surface area contributed by atoms with E-state index in [4.69, 9.17) is 14.2 Å². The number of aliphatic hydroxyl groups excluding tert-OH is 1. The van der Waals surface area contributed by atoms with Gasteiger partial charge in [-0.3, -0.25) is 4.79 Å². The quantitative estimate of drug-likeness (QED) is 0.633. The number of aromatic nitrogens is 2. The average molecular weight is 411 g/mol. The van der Waals surface area contributed by atoms with Crippen molar-refractivity contribution in [2.45, 2.75) is 12.6 Å². The van der Waals surface area contributed by atoms with Gasteiger partial charge in [0, 0.05) is 13.1 Å². The smallest absolute Gasteiger partial charge is 0.294 e. The van der Waals surface area contributed by atoms with Crippen molar-refractivity contribution < 1.29 is 19.3 Å². The molecule has 2 aromatic carbocycles. The Morgan fingerprint density at radius 2 is 1.80 bits per heavy atom. The predicted molar refractivity (Wildman–Crippen MR) is 114 cm³/mol. The number of hydrogen-bond donors (Lipinski definition) is 1. The Hall–Kier alpha value is -3.10. The largest absolute Gasteiger partial charge is 0.497 e. The standard InChI is InChI=1S/C22H25N3O5/c1-28-17-6-8-18(9-7-17)30-15-16(26)14-25-20-5-3-2-4-19(20)23-21(22(25)27)24-10-12-29-13-11-24/h2-9,16,26H,10-15H2,1H3. The first kappa shape index (κ1) is 20.2. The number of aliphatic hydroxyl groups is 1. The third kappa shape index (κ3) is 4.39. The molecule has 0 bridgehead atoms.